The number of carbonyl (C=O) groups is 1. The van der Waals surface area contributed by atoms with Crippen molar-refractivity contribution in [2.75, 3.05) is 25.4 Å². The molecule has 0 spiro atoms. The van der Waals surface area contributed by atoms with Gasteiger partial charge < -0.3 is 5.32 Å². The average Bonchev–Trinajstić information content (AvgIpc) is 2.74. The molecule has 0 unspecified atom stereocenters. The summed E-state index contributed by atoms with van der Waals surface area (Å²) in [6.07, 6.45) is 1.02. The standard InChI is InChI=1S/C23H29FN2O3S2/c1-17-7-8-22(18(2)15-17)31(28,29)26-12-9-19(10-13-26)23(27)25-11-14-30-16-20-5-3-4-6-21(20)24/h3-8,15,19H,9-14,16H2,1-2H3,(H,25,27). The van der Waals surface area contributed by atoms with E-state index in [1.165, 1.54) is 10.4 Å². The third-order valence-electron chi connectivity index (χ3n) is 5.53. The second kappa shape index (κ2) is 10.6. The number of carbonyl (C=O) groups excluding carboxylic acids is 1. The van der Waals surface area contributed by atoms with E-state index in [-0.39, 0.29) is 17.6 Å². The molecule has 2 aromatic rings. The number of nitrogens with zero attached hydrogens (tertiary/aromatic N) is 1. The molecule has 2 aromatic carbocycles. The largest absolute Gasteiger partial charge is 0.355 e. The van der Waals surface area contributed by atoms with Crippen LogP contribution in [0.4, 0.5) is 4.39 Å². The SMILES string of the molecule is Cc1ccc(S(=O)(=O)N2CCC(C(=O)NCCSCc3ccccc3F)CC2)c(C)c1. The van der Waals surface area contributed by atoms with Gasteiger partial charge in [-0.3, -0.25) is 4.79 Å². The van der Waals surface area contributed by atoms with Crippen LogP contribution in [0.25, 0.3) is 0 Å². The number of piperidine rings is 1. The summed E-state index contributed by atoms with van der Waals surface area (Å²) in [5, 5.41) is 2.93. The topological polar surface area (TPSA) is 66.5 Å². The van der Waals surface area contributed by atoms with Gasteiger partial charge in [-0.25, -0.2) is 12.8 Å². The maximum Gasteiger partial charge on any atom is 0.243 e. The summed E-state index contributed by atoms with van der Waals surface area (Å²) in [5.74, 6) is 0.843. The lowest BCUT2D eigenvalue weighted by atomic mass is 9.97. The summed E-state index contributed by atoms with van der Waals surface area (Å²) < 4.78 is 41.0. The van der Waals surface area contributed by atoms with E-state index in [1.54, 1.807) is 30.0 Å². The molecule has 1 N–H and O–H groups in total. The highest BCUT2D eigenvalue weighted by Crippen LogP contribution is 2.26. The molecule has 1 amide bonds. The van der Waals surface area contributed by atoms with E-state index in [2.05, 4.69) is 5.32 Å². The van der Waals surface area contributed by atoms with Crippen molar-refractivity contribution in [2.24, 2.45) is 5.92 Å². The van der Waals surface area contributed by atoms with Gasteiger partial charge in [-0.2, -0.15) is 16.1 Å². The van der Waals surface area contributed by atoms with Gasteiger partial charge in [-0.05, 0) is 49.9 Å². The molecule has 1 saturated heterocycles. The monoisotopic (exact) mass is 464 g/mol. The first-order chi connectivity index (χ1) is 14.8. The van der Waals surface area contributed by atoms with Gasteiger partial charge in [0.2, 0.25) is 15.9 Å². The van der Waals surface area contributed by atoms with E-state index in [1.807, 2.05) is 32.0 Å². The molecule has 31 heavy (non-hydrogen) atoms. The van der Waals surface area contributed by atoms with Crippen LogP contribution in [0.1, 0.15) is 29.5 Å². The van der Waals surface area contributed by atoms with Crippen molar-refractivity contribution in [3.05, 3.63) is 65.0 Å². The Bertz CT molecular complexity index is 1020. The van der Waals surface area contributed by atoms with Gasteiger partial charge in [-0.15, -0.1) is 0 Å². The normalized spacial score (nSPS) is 15.7. The van der Waals surface area contributed by atoms with Crippen molar-refractivity contribution in [3.8, 4) is 0 Å². The Morgan fingerprint density at radius 2 is 1.87 bits per heavy atom. The zero-order chi connectivity index (χ0) is 22.4. The summed E-state index contributed by atoms with van der Waals surface area (Å²) in [7, 11) is -3.55. The maximum atomic E-state index is 13.6. The van der Waals surface area contributed by atoms with Crippen LogP contribution in [-0.2, 0) is 20.6 Å². The molecular weight excluding hydrogens is 435 g/mol. The minimum Gasteiger partial charge on any atom is -0.355 e. The Morgan fingerprint density at radius 3 is 2.55 bits per heavy atom. The van der Waals surface area contributed by atoms with Crippen LogP contribution in [0.2, 0.25) is 0 Å². The van der Waals surface area contributed by atoms with Gasteiger partial charge in [0, 0.05) is 37.1 Å². The van der Waals surface area contributed by atoms with Gasteiger partial charge >= 0.3 is 0 Å². The molecular formula is C23H29FN2O3S2. The highest BCUT2D eigenvalue weighted by molar-refractivity contribution is 7.98. The Hall–Kier alpha value is -1.90. The Kier molecular flexibility index (Phi) is 8.13. The van der Waals surface area contributed by atoms with Crippen molar-refractivity contribution in [1.29, 1.82) is 0 Å². The first-order valence-corrected chi connectivity index (χ1v) is 13.0. The lowest BCUT2D eigenvalue weighted by molar-refractivity contribution is -0.125. The fourth-order valence-electron chi connectivity index (χ4n) is 3.77. The number of aryl methyl sites for hydroxylation is 2. The summed E-state index contributed by atoms with van der Waals surface area (Å²) in [6.45, 7) is 4.95. The van der Waals surface area contributed by atoms with Crippen molar-refractivity contribution in [3.63, 3.8) is 0 Å². The van der Waals surface area contributed by atoms with Gasteiger partial charge in [-0.1, -0.05) is 35.9 Å². The number of benzene rings is 2. The minimum absolute atomic E-state index is 0.0324. The van der Waals surface area contributed by atoms with Gasteiger partial charge in [0.15, 0.2) is 0 Å². The molecule has 3 rings (SSSR count). The Balaban J connectivity index is 1.42. The van der Waals surface area contributed by atoms with Crippen LogP contribution in [0, 0.1) is 25.6 Å². The molecule has 1 fully saturated rings. The maximum absolute atomic E-state index is 13.6. The number of sulfonamides is 1. The van der Waals surface area contributed by atoms with Crippen LogP contribution in [-0.4, -0.2) is 44.0 Å². The van der Waals surface area contributed by atoms with Crippen molar-refractivity contribution in [2.45, 2.75) is 37.3 Å². The van der Waals surface area contributed by atoms with E-state index in [0.29, 0.717) is 54.4 Å². The zero-order valence-corrected chi connectivity index (χ0v) is 19.6. The molecule has 0 saturated carbocycles. The lowest BCUT2D eigenvalue weighted by Gasteiger charge is -2.31. The fraction of sp³-hybridized carbons (Fsp3) is 0.435. The first kappa shape index (κ1) is 23.8. The van der Waals surface area contributed by atoms with Crippen molar-refractivity contribution < 1.29 is 17.6 Å². The van der Waals surface area contributed by atoms with Gasteiger partial charge in [0.1, 0.15) is 5.82 Å². The molecule has 168 valence electrons. The second-order valence-electron chi connectivity index (χ2n) is 7.88. The highest BCUT2D eigenvalue weighted by atomic mass is 32.2. The van der Waals surface area contributed by atoms with Crippen LogP contribution in [0.3, 0.4) is 0 Å². The summed E-state index contributed by atoms with van der Waals surface area (Å²) in [5.41, 5.74) is 2.43. The smallest absolute Gasteiger partial charge is 0.243 e. The van der Waals surface area contributed by atoms with Crippen molar-refractivity contribution >= 4 is 27.7 Å². The van der Waals surface area contributed by atoms with Crippen molar-refractivity contribution in [1.82, 2.24) is 9.62 Å². The molecule has 0 aromatic heterocycles. The number of amides is 1. The number of nitrogens with one attached hydrogen (secondary N) is 1. The van der Waals surface area contributed by atoms with Gasteiger partial charge in [0.05, 0.1) is 4.90 Å². The predicted octanol–water partition coefficient (Wildman–Crippen LogP) is 3.89. The first-order valence-electron chi connectivity index (χ1n) is 10.5. The lowest BCUT2D eigenvalue weighted by Crippen LogP contribution is -2.43. The second-order valence-corrected chi connectivity index (χ2v) is 10.9. The summed E-state index contributed by atoms with van der Waals surface area (Å²) in [4.78, 5) is 12.8. The van der Waals surface area contributed by atoms with Crippen LogP contribution < -0.4 is 5.32 Å². The molecule has 1 heterocycles. The summed E-state index contributed by atoms with van der Waals surface area (Å²) >= 11 is 1.57. The number of rotatable bonds is 8. The highest BCUT2D eigenvalue weighted by Gasteiger charge is 2.32. The van der Waals surface area contributed by atoms with Crippen LogP contribution in [0.15, 0.2) is 47.4 Å². The number of thioether (sulfide) groups is 1. The number of hydrogen-bond donors (Lipinski definition) is 1. The molecule has 0 aliphatic carbocycles. The van der Waals surface area contributed by atoms with Crippen LogP contribution in [0.5, 0.6) is 0 Å². The molecule has 0 bridgehead atoms. The minimum atomic E-state index is -3.55. The van der Waals surface area contributed by atoms with E-state index in [9.17, 15) is 17.6 Å². The Labute approximate surface area is 188 Å². The molecule has 0 atom stereocenters. The van der Waals surface area contributed by atoms with Crippen LogP contribution >= 0.6 is 11.8 Å². The summed E-state index contributed by atoms with van der Waals surface area (Å²) in [6, 6.07) is 12.0. The quantitative estimate of drug-likeness (QED) is 0.602. The van der Waals surface area contributed by atoms with E-state index < -0.39 is 10.0 Å². The van der Waals surface area contributed by atoms with E-state index >= 15 is 0 Å². The Morgan fingerprint density at radius 1 is 1.16 bits per heavy atom. The molecule has 1 aliphatic rings. The molecule has 8 heteroatoms. The average molecular weight is 465 g/mol. The zero-order valence-electron chi connectivity index (χ0n) is 17.9. The number of hydrogen-bond acceptors (Lipinski definition) is 4. The predicted molar refractivity (Wildman–Crippen MR) is 123 cm³/mol. The third kappa shape index (κ3) is 6.08. The third-order valence-corrected chi connectivity index (χ3v) is 8.60. The fourth-order valence-corrected chi connectivity index (χ4v) is 6.29. The number of halogens is 1. The molecule has 5 nitrogen and oxygen atoms in total. The van der Waals surface area contributed by atoms with E-state index in [4.69, 9.17) is 0 Å². The molecule has 0 radical (unpaired) electrons. The van der Waals surface area contributed by atoms with E-state index in [0.717, 1.165) is 11.1 Å². The molecule has 1 aliphatic heterocycles. The van der Waals surface area contributed by atoms with Gasteiger partial charge in [0.25, 0.3) is 0 Å².